The van der Waals surface area contributed by atoms with Crippen LogP contribution in [0.2, 0.25) is 0 Å². The predicted octanol–water partition coefficient (Wildman–Crippen LogP) is 5.42. The lowest BCUT2D eigenvalue weighted by molar-refractivity contribution is 0.109. The van der Waals surface area contributed by atoms with Gasteiger partial charge in [-0.05, 0) is 24.2 Å². The van der Waals surface area contributed by atoms with E-state index in [1.54, 1.807) is 0 Å². The van der Waals surface area contributed by atoms with E-state index >= 15 is 0 Å². The Labute approximate surface area is 91.5 Å². The summed E-state index contributed by atoms with van der Waals surface area (Å²) in [6.45, 7) is 11.8. The molecule has 0 saturated carbocycles. The van der Waals surface area contributed by atoms with Gasteiger partial charge in [0.2, 0.25) is 0 Å². The van der Waals surface area contributed by atoms with Gasteiger partial charge in [-0.2, -0.15) is 0 Å². The van der Waals surface area contributed by atoms with Crippen molar-refractivity contribution in [1.82, 2.24) is 0 Å². The Morgan fingerprint density at radius 1 is 0.786 bits per heavy atom. The van der Waals surface area contributed by atoms with E-state index in [4.69, 9.17) is 0 Å². The summed E-state index contributed by atoms with van der Waals surface area (Å²) in [7, 11) is 0. The molecule has 0 aromatic rings. The summed E-state index contributed by atoms with van der Waals surface area (Å²) in [5.74, 6) is 0.951. The van der Waals surface area contributed by atoms with Crippen molar-refractivity contribution in [1.29, 1.82) is 0 Å². The molecule has 0 spiro atoms. The maximum Gasteiger partial charge on any atom is -0.0272 e. The van der Waals surface area contributed by atoms with E-state index in [9.17, 15) is 0 Å². The van der Waals surface area contributed by atoms with Crippen LogP contribution in [0.4, 0.5) is 0 Å². The molecule has 0 aliphatic carbocycles. The first kappa shape index (κ1) is 14.0. The van der Waals surface area contributed by atoms with Gasteiger partial charge in [0.1, 0.15) is 0 Å². The Balaban J connectivity index is 4.59. The van der Waals surface area contributed by atoms with E-state index in [0.29, 0.717) is 5.41 Å². The van der Waals surface area contributed by atoms with Crippen molar-refractivity contribution < 1.29 is 0 Å². The third-order valence-corrected chi connectivity index (χ3v) is 4.05. The molecule has 0 rings (SSSR count). The summed E-state index contributed by atoms with van der Waals surface area (Å²) < 4.78 is 0. The van der Waals surface area contributed by atoms with Crippen molar-refractivity contribution in [3.8, 4) is 0 Å². The van der Waals surface area contributed by atoms with Gasteiger partial charge in [-0.3, -0.25) is 0 Å². The monoisotopic (exact) mass is 198 g/mol. The van der Waals surface area contributed by atoms with Gasteiger partial charge >= 0.3 is 0 Å². The second kappa shape index (κ2) is 7.31. The highest BCUT2D eigenvalue weighted by Gasteiger charge is 2.32. The van der Waals surface area contributed by atoms with E-state index in [0.717, 1.165) is 5.92 Å². The fraction of sp³-hybridized carbons (Fsp3) is 1.00. The molecule has 0 fully saturated rings. The Morgan fingerprint density at radius 3 is 1.43 bits per heavy atom. The zero-order valence-electron chi connectivity index (χ0n) is 11.0. The van der Waals surface area contributed by atoms with Crippen molar-refractivity contribution in [2.45, 2.75) is 79.6 Å². The lowest BCUT2D eigenvalue weighted by Gasteiger charge is -2.40. The summed E-state index contributed by atoms with van der Waals surface area (Å²) in [5.41, 5.74) is 0.660. The minimum absolute atomic E-state index is 0.660. The van der Waals surface area contributed by atoms with Crippen molar-refractivity contribution in [3.63, 3.8) is 0 Å². The van der Waals surface area contributed by atoms with Crippen molar-refractivity contribution >= 4 is 0 Å². The summed E-state index contributed by atoms with van der Waals surface area (Å²) >= 11 is 0. The molecule has 0 bridgehead atoms. The summed E-state index contributed by atoms with van der Waals surface area (Å²) in [6.07, 6.45) is 9.68. The third kappa shape index (κ3) is 3.29. The normalized spacial score (nSPS) is 12.4. The topological polar surface area (TPSA) is 0 Å². The molecule has 86 valence electrons. The minimum Gasteiger partial charge on any atom is -0.0654 e. The van der Waals surface area contributed by atoms with E-state index in [-0.39, 0.29) is 0 Å². The van der Waals surface area contributed by atoms with Crippen LogP contribution < -0.4 is 0 Å². The third-order valence-electron chi connectivity index (χ3n) is 4.05. The molecule has 0 aromatic carbocycles. The molecule has 0 aromatic heterocycles. The van der Waals surface area contributed by atoms with E-state index in [1.807, 2.05) is 0 Å². The fourth-order valence-corrected chi connectivity index (χ4v) is 3.33. The molecule has 0 heterocycles. The van der Waals surface area contributed by atoms with Crippen molar-refractivity contribution in [2.24, 2.45) is 11.3 Å². The quantitative estimate of drug-likeness (QED) is 0.488. The Bertz CT molecular complexity index is 116. The van der Waals surface area contributed by atoms with Crippen molar-refractivity contribution in [3.05, 3.63) is 0 Å². The Hall–Kier alpha value is 0. The Morgan fingerprint density at radius 2 is 1.21 bits per heavy atom. The molecule has 0 heteroatoms. The first-order valence-electron chi connectivity index (χ1n) is 6.70. The van der Waals surface area contributed by atoms with Crippen LogP contribution >= 0.6 is 0 Å². The molecule has 0 unspecified atom stereocenters. The second-order valence-electron chi connectivity index (χ2n) is 4.73. The molecular formula is C14H30. The van der Waals surface area contributed by atoms with Crippen molar-refractivity contribution in [2.75, 3.05) is 0 Å². The van der Waals surface area contributed by atoms with Gasteiger partial charge in [0, 0.05) is 0 Å². The highest BCUT2D eigenvalue weighted by atomic mass is 14.4. The standard InChI is InChI=1S/C14H30/c1-6-11-14(10-5,12-7-2)13(8-3)9-4/h13H,6-12H2,1-5H3. The van der Waals surface area contributed by atoms with E-state index < -0.39 is 0 Å². The van der Waals surface area contributed by atoms with Gasteiger partial charge in [-0.15, -0.1) is 0 Å². The van der Waals surface area contributed by atoms with Crippen LogP contribution in [0.25, 0.3) is 0 Å². The van der Waals surface area contributed by atoms with Gasteiger partial charge in [0.15, 0.2) is 0 Å². The van der Waals surface area contributed by atoms with Gasteiger partial charge in [0.25, 0.3) is 0 Å². The zero-order valence-corrected chi connectivity index (χ0v) is 11.0. The maximum atomic E-state index is 2.39. The summed E-state index contributed by atoms with van der Waals surface area (Å²) in [5, 5.41) is 0. The number of rotatable bonds is 8. The second-order valence-corrected chi connectivity index (χ2v) is 4.73. The lowest BCUT2D eigenvalue weighted by atomic mass is 9.65. The van der Waals surface area contributed by atoms with Gasteiger partial charge in [-0.25, -0.2) is 0 Å². The number of hydrogen-bond donors (Lipinski definition) is 0. The first-order chi connectivity index (χ1) is 6.70. The molecule has 14 heavy (non-hydrogen) atoms. The van der Waals surface area contributed by atoms with Crippen LogP contribution in [0.5, 0.6) is 0 Å². The van der Waals surface area contributed by atoms with Crippen LogP contribution in [-0.2, 0) is 0 Å². The molecular weight excluding hydrogens is 168 g/mol. The lowest BCUT2D eigenvalue weighted by Crippen LogP contribution is -2.29. The van der Waals surface area contributed by atoms with Crippen LogP contribution in [0.15, 0.2) is 0 Å². The maximum absolute atomic E-state index is 2.39. The van der Waals surface area contributed by atoms with Crippen LogP contribution in [0, 0.1) is 11.3 Å². The molecule has 0 amide bonds. The SMILES string of the molecule is CCCC(CC)(CCC)C(CC)CC. The first-order valence-corrected chi connectivity index (χ1v) is 6.70. The van der Waals surface area contributed by atoms with Gasteiger partial charge in [-0.1, -0.05) is 66.7 Å². The highest BCUT2D eigenvalue weighted by molar-refractivity contribution is 4.83. The molecule has 0 N–H and O–H groups in total. The molecule has 0 aliphatic heterocycles. The van der Waals surface area contributed by atoms with Gasteiger partial charge in [0.05, 0.1) is 0 Å². The van der Waals surface area contributed by atoms with Crippen LogP contribution in [-0.4, -0.2) is 0 Å². The average molecular weight is 198 g/mol. The Kier molecular flexibility index (Phi) is 7.31. The number of hydrogen-bond acceptors (Lipinski definition) is 0. The minimum atomic E-state index is 0.660. The summed E-state index contributed by atoms with van der Waals surface area (Å²) in [6, 6.07) is 0. The predicted molar refractivity (Wildman–Crippen MR) is 66.6 cm³/mol. The van der Waals surface area contributed by atoms with Crippen LogP contribution in [0.3, 0.4) is 0 Å². The van der Waals surface area contributed by atoms with E-state index in [2.05, 4.69) is 34.6 Å². The highest BCUT2D eigenvalue weighted by Crippen LogP contribution is 2.44. The molecule has 0 radical (unpaired) electrons. The summed E-state index contributed by atoms with van der Waals surface area (Å²) in [4.78, 5) is 0. The molecule has 0 atom stereocenters. The largest absolute Gasteiger partial charge is 0.0654 e. The average Bonchev–Trinajstić information content (AvgIpc) is 2.20. The fourth-order valence-electron chi connectivity index (χ4n) is 3.33. The van der Waals surface area contributed by atoms with E-state index in [1.165, 1.54) is 44.9 Å². The van der Waals surface area contributed by atoms with Crippen LogP contribution in [0.1, 0.15) is 79.6 Å². The molecule has 0 aliphatic rings. The van der Waals surface area contributed by atoms with Gasteiger partial charge < -0.3 is 0 Å². The molecule has 0 nitrogen and oxygen atoms in total. The smallest absolute Gasteiger partial charge is 0.0272 e. The zero-order chi connectivity index (χ0) is 11.0. The molecule has 0 saturated heterocycles.